The Morgan fingerprint density at radius 3 is 2.94 bits per heavy atom. The lowest BCUT2D eigenvalue weighted by Gasteiger charge is -2.02. The van der Waals surface area contributed by atoms with Crippen LogP contribution in [0.3, 0.4) is 0 Å². The summed E-state index contributed by atoms with van der Waals surface area (Å²) in [7, 11) is 1.98. The van der Waals surface area contributed by atoms with Crippen molar-refractivity contribution in [3.63, 3.8) is 0 Å². The summed E-state index contributed by atoms with van der Waals surface area (Å²) in [6.45, 7) is 5.13. The third-order valence-corrected chi connectivity index (χ3v) is 2.96. The van der Waals surface area contributed by atoms with E-state index < -0.39 is 0 Å². The van der Waals surface area contributed by atoms with Gasteiger partial charge in [0.15, 0.2) is 5.78 Å². The van der Waals surface area contributed by atoms with Crippen LogP contribution in [0, 0.1) is 6.92 Å². The Bertz CT molecular complexity index is 557. The number of ketones is 1. The van der Waals surface area contributed by atoms with Crippen LogP contribution < -0.4 is 5.32 Å². The molecule has 0 fully saturated rings. The van der Waals surface area contributed by atoms with Crippen LogP contribution in [-0.4, -0.2) is 28.4 Å². The molecule has 90 valence electrons. The molecular formula is C13H17N3O. The van der Waals surface area contributed by atoms with Crippen molar-refractivity contribution in [3.05, 3.63) is 29.6 Å². The first-order valence-corrected chi connectivity index (χ1v) is 5.80. The van der Waals surface area contributed by atoms with E-state index in [0.717, 1.165) is 29.0 Å². The minimum absolute atomic E-state index is 0.108. The zero-order valence-corrected chi connectivity index (χ0v) is 10.4. The first-order chi connectivity index (χ1) is 8.13. The number of Topliss-reactive ketones (excluding diaryl/α,β-unsaturated/α-hetero) is 1. The van der Waals surface area contributed by atoms with E-state index in [0.29, 0.717) is 6.54 Å². The van der Waals surface area contributed by atoms with Gasteiger partial charge in [-0.1, -0.05) is 6.92 Å². The van der Waals surface area contributed by atoms with Crippen molar-refractivity contribution in [2.45, 2.75) is 13.8 Å². The molecule has 0 radical (unpaired) electrons. The maximum atomic E-state index is 11.8. The van der Waals surface area contributed by atoms with Crippen molar-refractivity contribution in [2.75, 3.05) is 13.1 Å². The fraction of sp³-hybridized carbons (Fsp3) is 0.385. The van der Waals surface area contributed by atoms with E-state index in [2.05, 4.69) is 10.3 Å². The molecule has 1 aromatic heterocycles. The van der Waals surface area contributed by atoms with Gasteiger partial charge in [-0.2, -0.15) is 0 Å². The number of nitrogens with one attached hydrogen (secondary N) is 1. The predicted octanol–water partition coefficient (Wildman–Crippen LogP) is 1.67. The van der Waals surface area contributed by atoms with Crippen LogP contribution in [0.4, 0.5) is 0 Å². The fourth-order valence-corrected chi connectivity index (χ4v) is 1.83. The molecule has 2 aromatic rings. The van der Waals surface area contributed by atoms with E-state index in [1.807, 2.05) is 43.7 Å². The molecule has 1 N–H and O–H groups in total. The van der Waals surface area contributed by atoms with E-state index in [1.165, 1.54) is 0 Å². The van der Waals surface area contributed by atoms with Crippen LogP contribution in [0.15, 0.2) is 18.2 Å². The van der Waals surface area contributed by atoms with Gasteiger partial charge in [-0.25, -0.2) is 4.98 Å². The predicted molar refractivity (Wildman–Crippen MR) is 68.3 cm³/mol. The molecule has 1 aromatic carbocycles. The number of aromatic nitrogens is 2. The molecule has 1 heterocycles. The minimum Gasteiger partial charge on any atom is -0.331 e. The highest BCUT2D eigenvalue weighted by Gasteiger charge is 2.09. The van der Waals surface area contributed by atoms with Gasteiger partial charge in [-0.05, 0) is 31.7 Å². The second-order valence-corrected chi connectivity index (χ2v) is 4.13. The molecule has 0 aliphatic rings. The Balaban J connectivity index is 2.35. The largest absolute Gasteiger partial charge is 0.331 e. The molecule has 4 heteroatoms. The van der Waals surface area contributed by atoms with Gasteiger partial charge in [0, 0.05) is 12.6 Å². The normalized spacial score (nSPS) is 11.0. The number of aryl methyl sites for hydroxylation is 2. The van der Waals surface area contributed by atoms with Gasteiger partial charge in [0.25, 0.3) is 0 Å². The van der Waals surface area contributed by atoms with Crippen molar-refractivity contribution in [1.29, 1.82) is 0 Å². The van der Waals surface area contributed by atoms with Gasteiger partial charge in [0.2, 0.25) is 0 Å². The summed E-state index contributed by atoms with van der Waals surface area (Å²) in [6.07, 6.45) is 0. The summed E-state index contributed by atoms with van der Waals surface area (Å²) in [5.41, 5.74) is 2.66. The maximum absolute atomic E-state index is 11.8. The first kappa shape index (κ1) is 11.8. The molecule has 0 bridgehead atoms. The fourth-order valence-electron chi connectivity index (χ4n) is 1.83. The minimum atomic E-state index is 0.108. The van der Waals surface area contributed by atoms with Crippen LogP contribution in [-0.2, 0) is 7.05 Å². The average Bonchev–Trinajstić information content (AvgIpc) is 2.61. The maximum Gasteiger partial charge on any atom is 0.176 e. The number of carbonyl (C=O) groups is 1. The summed E-state index contributed by atoms with van der Waals surface area (Å²) in [5, 5.41) is 3.04. The van der Waals surface area contributed by atoms with Crippen molar-refractivity contribution >= 4 is 16.8 Å². The van der Waals surface area contributed by atoms with E-state index in [-0.39, 0.29) is 5.78 Å². The van der Waals surface area contributed by atoms with E-state index in [1.54, 1.807) is 0 Å². The molecule has 0 aliphatic carbocycles. The van der Waals surface area contributed by atoms with Gasteiger partial charge in [0.05, 0.1) is 17.6 Å². The zero-order chi connectivity index (χ0) is 12.4. The molecular weight excluding hydrogens is 214 g/mol. The van der Waals surface area contributed by atoms with Crippen molar-refractivity contribution in [3.8, 4) is 0 Å². The summed E-state index contributed by atoms with van der Waals surface area (Å²) >= 11 is 0. The number of rotatable bonds is 4. The van der Waals surface area contributed by atoms with Gasteiger partial charge >= 0.3 is 0 Å². The Morgan fingerprint density at radius 2 is 2.24 bits per heavy atom. The summed E-state index contributed by atoms with van der Waals surface area (Å²) in [5.74, 6) is 1.06. The lowest BCUT2D eigenvalue weighted by molar-refractivity contribution is 0.0992. The first-order valence-electron chi connectivity index (χ1n) is 5.80. The Morgan fingerprint density at radius 1 is 1.47 bits per heavy atom. The SMILES string of the molecule is CCNCC(=O)c1ccc2c(c1)nc(C)n2C. The number of hydrogen-bond acceptors (Lipinski definition) is 3. The van der Waals surface area contributed by atoms with Crippen molar-refractivity contribution in [2.24, 2.45) is 7.05 Å². The Hall–Kier alpha value is -1.68. The number of fused-ring (bicyclic) bond motifs is 1. The summed E-state index contributed by atoms with van der Waals surface area (Å²) in [4.78, 5) is 16.3. The van der Waals surface area contributed by atoms with E-state index in [9.17, 15) is 4.79 Å². The van der Waals surface area contributed by atoms with Crippen molar-refractivity contribution in [1.82, 2.24) is 14.9 Å². The Labute approximate surface area is 101 Å². The van der Waals surface area contributed by atoms with Crippen molar-refractivity contribution < 1.29 is 4.79 Å². The molecule has 0 spiro atoms. The van der Waals surface area contributed by atoms with E-state index in [4.69, 9.17) is 0 Å². The smallest absolute Gasteiger partial charge is 0.176 e. The summed E-state index contributed by atoms with van der Waals surface area (Å²) < 4.78 is 2.02. The second kappa shape index (κ2) is 4.67. The zero-order valence-electron chi connectivity index (χ0n) is 10.4. The Kier molecular flexibility index (Phi) is 3.24. The quantitative estimate of drug-likeness (QED) is 0.814. The number of benzene rings is 1. The molecule has 2 rings (SSSR count). The number of nitrogens with zero attached hydrogens (tertiary/aromatic N) is 2. The van der Waals surface area contributed by atoms with Crippen LogP contribution in [0.25, 0.3) is 11.0 Å². The number of carbonyl (C=O) groups excluding carboxylic acids is 1. The van der Waals surface area contributed by atoms with Gasteiger partial charge < -0.3 is 9.88 Å². The van der Waals surface area contributed by atoms with Crippen LogP contribution in [0.5, 0.6) is 0 Å². The highest BCUT2D eigenvalue weighted by atomic mass is 16.1. The lowest BCUT2D eigenvalue weighted by Crippen LogP contribution is -2.22. The molecule has 0 aliphatic heterocycles. The lowest BCUT2D eigenvalue weighted by atomic mass is 10.1. The molecule has 0 amide bonds. The van der Waals surface area contributed by atoms with Crippen LogP contribution in [0.1, 0.15) is 23.1 Å². The van der Waals surface area contributed by atoms with Gasteiger partial charge in [-0.15, -0.1) is 0 Å². The molecule has 0 saturated carbocycles. The topological polar surface area (TPSA) is 46.9 Å². The third-order valence-electron chi connectivity index (χ3n) is 2.96. The number of hydrogen-bond donors (Lipinski definition) is 1. The van der Waals surface area contributed by atoms with E-state index >= 15 is 0 Å². The molecule has 17 heavy (non-hydrogen) atoms. The summed E-state index contributed by atoms with van der Waals surface area (Å²) in [6, 6.07) is 5.68. The molecule has 4 nitrogen and oxygen atoms in total. The molecule has 0 atom stereocenters. The molecule has 0 unspecified atom stereocenters. The standard InChI is InChI=1S/C13H17N3O/c1-4-14-8-13(17)10-5-6-12-11(7-10)15-9(2)16(12)3/h5-7,14H,4,8H2,1-3H3. The number of likely N-dealkylation sites (N-methyl/N-ethyl adjacent to an activating group) is 1. The van der Waals surface area contributed by atoms with Gasteiger partial charge in [0.1, 0.15) is 5.82 Å². The molecule has 0 saturated heterocycles. The average molecular weight is 231 g/mol. The second-order valence-electron chi connectivity index (χ2n) is 4.13. The van der Waals surface area contributed by atoms with Crippen LogP contribution >= 0.6 is 0 Å². The van der Waals surface area contributed by atoms with Crippen LogP contribution in [0.2, 0.25) is 0 Å². The monoisotopic (exact) mass is 231 g/mol. The number of imidazole rings is 1. The third kappa shape index (κ3) is 2.22. The highest BCUT2D eigenvalue weighted by molar-refractivity contribution is 6.00. The highest BCUT2D eigenvalue weighted by Crippen LogP contribution is 2.16. The van der Waals surface area contributed by atoms with Gasteiger partial charge in [-0.3, -0.25) is 4.79 Å².